The molecule has 2 heterocycles. The molecule has 7 heteroatoms. The van der Waals surface area contributed by atoms with Crippen molar-refractivity contribution in [2.45, 2.75) is 26.5 Å². The lowest BCUT2D eigenvalue weighted by molar-refractivity contribution is -0.124. The fraction of sp³-hybridized carbons (Fsp3) is 0.167. The first-order chi connectivity index (χ1) is 14.9. The minimum atomic E-state index is -0.863. The summed E-state index contributed by atoms with van der Waals surface area (Å²) in [6.07, 6.45) is 0.670. The first-order valence-electron chi connectivity index (χ1n) is 9.80. The van der Waals surface area contributed by atoms with Gasteiger partial charge in [-0.05, 0) is 37.6 Å². The van der Waals surface area contributed by atoms with E-state index in [2.05, 4.69) is 5.10 Å². The summed E-state index contributed by atoms with van der Waals surface area (Å²) >= 11 is 0. The maximum Gasteiger partial charge on any atom is 0.339 e. The van der Waals surface area contributed by atoms with Crippen molar-refractivity contribution in [2.24, 2.45) is 0 Å². The lowest BCUT2D eigenvalue weighted by Gasteiger charge is -2.12. The quantitative estimate of drug-likeness (QED) is 0.434. The molecular weight excluding hydrogens is 397 g/mol. The minimum absolute atomic E-state index is 0.247. The van der Waals surface area contributed by atoms with E-state index in [1.165, 1.54) is 32.2 Å². The van der Waals surface area contributed by atoms with Crippen LogP contribution in [0.1, 0.15) is 29.8 Å². The van der Waals surface area contributed by atoms with Crippen molar-refractivity contribution >= 4 is 22.8 Å². The molecule has 2 aromatic heterocycles. The molecule has 0 amide bonds. The predicted molar refractivity (Wildman–Crippen MR) is 114 cm³/mol. The van der Waals surface area contributed by atoms with Gasteiger partial charge in [-0.3, -0.25) is 4.79 Å². The lowest BCUT2D eigenvalue weighted by Crippen LogP contribution is -2.22. The Bertz CT molecular complexity index is 1270. The van der Waals surface area contributed by atoms with E-state index < -0.39 is 12.1 Å². The van der Waals surface area contributed by atoms with E-state index in [1.807, 2.05) is 30.3 Å². The molecule has 0 spiro atoms. The molecule has 0 saturated heterocycles. The molecule has 0 saturated carbocycles. The number of pyridine rings is 1. The summed E-state index contributed by atoms with van der Waals surface area (Å²) < 4.78 is 20.6. The smallest absolute Gasteiger partial charge is 0.339 e. The number of aromatic nitrogens is 3. The van der Waals surface area contributed by atoms with Gasteiger partial charge in [0.1, 0.15) is 5.82 Å². The number of nitrogens with zero attached hydrogens (tertiary/aromatic N) is 3. The van der Waals surface area contributed by atoms with E-state index in [1.54, 1.807) is 22.9 Å². The number of carbonyl (C=O) groups excluding carboxylic acids is 2. The van der Waals surface area contributed by atoms with E-state index in [9.17, 15) is 14.0 Å². The van der Waals surface area contributed by atoms with Crippen LogP contribution in [0.4, 0.5) is 4.39 Å². The van der Waals surface area contributed by atoms with E-state index in [0.29, 0.717) is 22.3 Å². The Balaban J connectivity index is 1.83. The number of benzene rings is 2. The van der Waals surface area contributed by atoms with Crippen molar-refractivity contribution in [2.75, 3.05) is 0 Å². The maximum atomic E-state index is 13.6. The molecule has 31 heavy (non-hydrogen) atoms. The highest BCUT2D eigenvalue weighted by Crippen LogP contribution is 2.26. The highest BCUT2D eigenvalue weighted by Gasteiger charge is 2.21. The van der Waals surface area contributed by atoms with Gasteiger partial charge in [-0.1, -0.05) is 42.5 Å². The van der Waals surface area contributed by atoms with Crippen molar-refractivity contribution < 1.29 is 18.7 Å². The topological polar surface area (TPSA) is 74.1 Å². The summed E-state index contributed by atoms with van der Waals surface area (Å²) in [7, 11) is 0. The molecule has 0 fully saturated rings. The molecule has 6 nitrogen and oxygen atoms in total. The highest BCUT2D eigenvalue weighted by atomic mass is 19.1. The van der Waals surface area contributed by atoms with Crippen molar-refractivity contribution in [3.63, 3.8) is 0 Å². The second-order valence-corrected chi connectivity index (χ2v) is 7.25. The van der Waals surface area contributed by atoms with Crippen LogP contribution < -0.4 is 0 Å². The number of esters is 1. The number of fused-ring (bicyclic) bond motifs is 1. The molecule has 0 N–H and O–H groups in total. The Morgan fingerprint density at radius 1 is 1.10 bits per heavy atom. The van der Waals surface area contributed by atoms with Gasteiger partial charge in [-0.15, -0.1) is 0 Å². The van der Waals surface area contributed by atoms with Crippen LogP contribution in [0.5, 0.6) is 0 Å². The third kappa shape index (κ3) is 4.35. The third-order valence-electron chi connectivity index (χ3n) is 4.98. The summed E-state index contributed by atoms with van der Waals surface area (Å²) in [4.78, 5) is 29.2. The summed E-state index contributed by atoms with van der Waals surface area (Å²) in [5.74, 6) is -1.21. The minimum Gasteiger partial charge on any atom is -0.451 e. The zero-order valence-corrected chi connectivity index (χ0v) is 17.1. The highest BCUT2D eigenvalue weighted by molar-refractivity contribution is 6.04. The Morgan fingerprint density at radius 3 is 2.58 bits per heavy atom. The number of ketones is 1. The normalized spacial score (nSPS) is 12.0. The van der Waals surface area contributed by atoms with Gasteiger partial charge >= 0.3 is 5.97 Å². The second-order valence-electron chi connectivity index (χ2n) is 7.25. The summed E-state index contributed by atoms with van der Waals surface area (Å²) in [5, 5.41) is 4.87. The standard InChI is InChI=1S/C24H20FN3O3/c1-15(29)16(2)31-24(30)20-12-22(18-8-4-3-5-9-18)27-23-21(20)13-26-28(23)14-17-7-6-10-19(25)11-17/h3-13,16H,14H2,1-2H3. The number of carbonyl (C=O) groups is 2. The average Bonchev–Trinajstić information content (AvgIpc) is 3.16. The average molecular weight is 417 g/mol. The first kappa shape index (κ1) is 20.4. The van der Waals surface area contributed by atoms with Crippen LogP contribution in [-0.2, 0) is 16.1 Å². The van der Waals surface area contributed by atoms with Gasteiger partial charge in [0.2, 0.25) is 0 Å². The number of rotatable bonds is 6. The van der Waals surface area contributed by atoms with E-state index in [4.69, 9.17) is 9.72 Å². The van der Waals surface area contributed by atoms with E-state index in [-0.39, 0.29) is 23.7 Å². The van der Waals surface area contributed by atoms with Crippen LogP contribution in [0.3, 0.4) is 0 Å². The number of ether oxygens (including phenoxy) is 1. The van der Waals surface area contributed by atoms with Crippen molar-refractivity contribution in [1.82, 2.24) is 14.8 Å². The molecule has 0 aliphatic carbocycles. The van der Waals surface area contributed by atoms with Crippen LogP contribution in [0.15, 0.2) is 66.9 Å². The lowest BCUT2D eigenvalue weighted by atomic mass is 10.1. The van der Waals surface area contributed by atoms with Gasteiger partial charge in [0, 0.05) is 5.56 Å². The van der Waals surface area contributed by atoms with Crippen molar-refractivity contribution in [3.05, 3.63) is 83.8 Å². The summed E-state index contributed by atoms with van der Waals surface area (Å²) in [5.41, 5.74) is 2.83. The molecule has 0 aliphatic heterocycles. The van der Waals surface area contributed by atoms with Crippen LogP contribution in [0, 0.1) is 5.82 Å². The largest absolute Gasteiger partial charge is 0.451 e. The van der Waals surface area contributed by atoms with Crippen LogP contribution >= 0.6 is 0 Å². The summed E-state index contributed by atoms with van der Waals surface area (Å²) in [6, 6.07) is 17.3. The predicted octanol–water partition coefficient (Wildman–Crippen LogP) is 4.42. The Hall–Kier alpha value is -3.87. The summed E-state index contributed by atoms with van der Waals surface area (Å²) in [6.45, 7) is 3.18. The number of hydrogen-bond donors (Lipinski definition) is 0. The number of Topliss-reactive ketones (excluding diaryl/α,β-unsaturated/α-hetero) is 1. The molecule has 0 radical (unpaired) electrons. The number of halogens is 1. The van der Waals surface area contributed by atoms with Gasteiger partial charge < -0.3 is 4.74 Å². The van der Waals surface area contributed by atoms with Gasteiger partial charge in [0.05, 0.1) is 29.4 Å². The number of hydrogen-bond acceptors (Lipinski definition) is 5. The fourth-order valence-corrected chi connectivity index (χ4v) is 3.20. The molecule has 0 bridgehead atoms. The van der Waals surface area contributed by atoms with Gasteiger partial charge in [-0.2, -0.15) is 5.10 Å². The maximum absolute atomic E-state index is 13.6. The monoisotopic (exact) mass is 417 g/mol. The van der Waals surface area contributed by atoms with Crippen LogP contribution in [-0.4, -0.2) is 32.6 Å². The molecule has 0 aliphatic rings. The van der Waals surface area contributed by atoms with E-state index >= 15 is 0 Å². The molecular formula is C24H20FN3O3. The first-order valence-corrected chi connectivity index (χ1v) is 9.80. The molecule has 1 atom stereocenters. The van der Waals surface area contributed by atoms with Crippen molar-refractivity contribution in [3.8, 4) is 11.3 Å². The zero-order valence-electron chi connectivity index (χ0n) is 17.1. The van der Waals surface area contributed by atoms with Crippen molar-refractivity contribution in [1.29, 1.82) is 0 Å². The van der Waals surface area contributed by atoms with Gasteiger partial charge in [-0.25, -0.2) is 18.9 Å². The molecule has 1 unspecified atom stereocenters. The molecule has 2 aromatic carbocycles. The Morgan fingerprint density at radius 2 is 1.87 bits per heavy atom. The molecule has 4 rings (SSSR count). The fourth-order valence-electron chi connectivity index (χ4n) is 3.20. The molecule has 4 aromatic rings. The van der Waals surface area contributed by atoms with Crippen LogP contribution in [0.25, 0.3) is 22.3 Å². The van der Waals surface area contributed by atoms with E-state index in [0.717, 1.165) is 5.56 Å². The second kappa shape index (κ2) is 8.47. The van der Waals surface area contributed by atoms with Gasteiger partial charge in [0.15, 0.2) is 17.5 Å². The van der Waals surface area contributed by atoms with Gasteiger partial charge in [0.25, 0.3) is 0 Å². The Labute approximate surface area is 178 Å². The molecule has 156 valence electrons. The SMILES string of the molecule is CC(=O)C(C)OC(=O)c1cc(-c2ccccc2)nc2c1cnn2Cc1cccc(F)c1. The Kier molecular flexibility index (Phi) is 5.58. The third-order valence-corrected chi connectivity index (χ3v) is 4.98. The van der Waals surface area contributed by atoms with Crippen LogP contribution in [0.2, 0.25) is 0 Å². The zero-order chi connectivity index (χ0) is 22.0.